The van der Waals surface area contributed by atoms with Crippen molar-refractivity contribution in [3.8, 4) is 0 Å². The van der Waals surface area contributed by atoms with Gasteiger partial charge in [-0.3, -0.25) is 4.79 Å². The van der Waals surface area contributed by atoms with Gasteiger partial charge in [-0.05, 0) is 39.0 Å². The van der Waals surface area contributed by atoms with E-state index in [1.54, 1.807) is 0 Å². The Morgan fingerprint density at radius 2 is 2.05 bits per heavy atom. The first kappa shape index (κ1) is 15.7. The molecule has 0 bridgehead atoms. The van der Waals surface area contributed by atoms with E-state index in [0.29, 0.717) is 31.8 Å². The molecule has 2 N–H and O–H groups in total. The Morgan fingerprint density at radius 3 is 2.53 bits per heavy atom. The van der Waals surface area contributed by atoms with Gasteiger partial charge in [0.15, 0.2) is 0 Å². The van der Waals surface area contributed by atoms with E-state index < -0.39 is 10.6 Å². The summed E-state index contributed by atoms with van der Waals surface area (Å²) in [6.45, 7) is 5.23. The van der Waals surface area contributed by atoms with Crippen LogP contribution in [0.3, 0.4) is 0 Å². The van der Waals surface area contributed by atoms with Gasteiger partial charge in [0.2, 0.25) is 5.91 Å². The quantitative estimate of drug-likeness (QED) is 0.574. The Hall–Kier alpha value is -1.37. The normalized spacial score (nSPS) is 17.3. The molecule has 0 spiro atoms. The molecule has 0 aromatic rings. The molecule has 1 saturated heterocycles. The van der Waals surface area contributed by atoms with E-state index >= 15 is 0 Å². The molecule has 19 heavy (non-hydrogen) atoms. The molecule has 0 saturated carbocycles. The summed E-state index contributed by atoms with van der Waals surface area (Å²) < 4.78 is 0. The van der Waals surface area contributed by atoms with Crippen molar-refractivity contribution in [3.63, 3.8) is 0 Å². The third-order valence-electron chi connectivity index (χ3n) is 3.30. The second-order valence-corrected chi connectivity index (χ2v) is 5.84. The van der Waals surface area contributed by atoms with E-state index in [2.05, 4.69) is 4.84 Å². The molecule has 0 aromatic carbocycles. The van der Waals surface area contributed by atoms with Crippen LogP contribution >= 0.6 is 0 Å². The van der Waals surface area contributed by atoms with E-state index in [9.17, 15) is 14.9 Å². The van der Waals surface area contributed by atoms with Crippen molar-refractivity contribution >= 4 is 5.91 Å². The van der Waals surface area contributed by atoms with Crippen LogP contribution in [0.25, 0.3) is 0 Å². The maximum atomic E-state index is 12.0. The Balaban J connectivity index is 2.25. The fourth-order valence-electron chi connectivity index (χ4n) is 2.27. The Labute approximate surface area is 113 Å². The summed E-state index contributed by atoms with van der Waals surface area (Å²) in [5.41, 5.74) is 5.36. The van der Waals surface area contributed by atoms with Gasteiger partial charge < -0.3 is 15.5 Å². The lowest BCUT2D eigenvalue weighted by molar-refractivity contribution is -0.758. The SMILES string of the molecule is CC(C)(N)CC(=O)N1CCC(CCO[N+](=O)[O-])CC1. The number of nitrogens with two attached hydrogens (primary N) is 1. The zero-order valence-corrected chi connectivity index (χ0v) is 11.6. The van der Waals surface area contributed by atoms with Crippen molar-refractivity contribution in [1.82, 2.24) is 4.90 Å². The predicted molar refractivity (Wildman–Crippen MR) is 69.8 cm³/mol. The minimum atomic E-state index is -0.762. The maximum Gasteiger partial charge on any atom is 0.294 e. The molecular formula is C12H23N3O4. The van der Waals surface area contributed by atoms with Crippen LogP contribution in [0.15, 0.2) is 0 Å². The smallest absolute Gasteiger partial charge is 0.294 e. The Bertz CT molecular complexity index is 319. The number of carbonyl (C=O) groups is 1. The zero-order valence-electron chi connectivity index (χ0n) is 11.6. The molecule has 0 unspecified atom stereocenters. The summed E-state index contributed by atoms with van der Waals surface area (Å²) in [7, 11) is 0. The van der Waals surface area contributed by atoms with Gasteiger partial charge in [0.05, 0.1) is 6.61 Å². The third-order valence-corrected chi connectivity index (χ3v) is 3.30. The first-order valence-corrected chi connectivity index (χ1v) is 6.62. The van der Waals surface area contributed by atoms with Gasteiger partial charge in [-0.2, -0.15) is 0 Å². The molecule has 1 fully saturated rings. The minimum Gasteiger partial charge on any atom is -0.343 e. The molecule has 0 aromatic heterocycles. The summed E-state index contributed by atoms with van der Waals surface area (Å²) in [5, 5.41) is 9.27. The van der Waals surface area contributed by atoms with E-state index in [4.69, 9.17) is 5.73 Å². The van der Waals surface area contributed by atoms with Crippen molar-refractivity contribution in [3.05, 3.63) is 10.1 Å². The third kappa shape index (κ3) is 6.37. The van der Waals surface area contributed by atoms with Crippen LogP contribution < -0.4 is 5.73 Å². The van der Waals surface area contributed by atoms with E-state index in [0.717, 1.165) is 12.8 Å². The largest absolute Gasteiger partial charge is 0.343 e. The molecule has 1 aliphatic rings. The molecule has 110 valence electrons. The van der Waals surface area contributed by atoms with Crippen molar-refractivity contribution in [2.24, 2.45) is 11.7 Å². The molecule has 1 amide bonds. The summed E-state index contributed by atoms with van der Waals surface area (Å²) in [4.78, 5) is 28.1. The predicted octanol–water partition coefficient (Wildman–Crippen LogP) is 0.951. The second kappa shape index (κ2) is 6.70. The van der Waals surface area contributed by atoms with E-state index in [1.807, 2.05) is 18.7 Å². The fourth-order valence-corrected chi connectivity index (χ4v) is 2.27. The van der Waals surface area contributed by atoms with Gasteiger partial charge in [-0.15, -0.1) is 10.1 Å². The van der Waals surface area contributed by atoms with Crippen LogP contribution in [0.4, 0.5) is 0 Å². The van der Waals surface area contributed by atoms with E-state index in [1.165, 1.54) is 0 Å². The van der Waals surface area contributed by atoms with Gasteiger partial charge >= 0.3 is 0 Å². The van der Waals surface area contributed by atoms with Crippen LogP contribution in [0.5, 0.6) is 0 Å². The number of hydrogen-bond acceptors (Lipinski definition) is 5. The topological polar surface area (TPSA) is 98.7 Å². The summed E-state index contributed by atoms with van der Waals surface area (Å²) >= 11 is 0. The number of likely N-dealkylation sites (tertiary alicyclic amines) is 1. The molecule has 7 nitrogen and oxygen atoms in total. The molecule has 0 aliphatic carbocycles. The first-order chi connectivity index (χ1) is 8.78. The number of hydrogen-bond donors (Lipinski definition) is 1. The highest BCUT2D eigenvalue weighted by atomic mass is 16.9. The molecule has 1 heterocycles. The molecule has 0 radical (unpaired) electrons. The summed E-state index contributed by atoms with van der Waals surface area (Å²) in [6.07, 6.45) is 2.77. The standard InChI is InChI=1S/C12H23N3O4/c1-12(2,13)9-11(16)14-6-3-10(4-7-14)5-8-19-15(17)18/h10H,3-9,13H2,1-2H3. The van der Waals surface area contributed by atoms with Crippen LogP contribution in [0.1, 0.15) is 39.5 Å². The monoisotopic (exact) mass is 273 g/mol. The molecule has 0 atom stereocenters. The molecule has 1 rings (SSSR count). The molecule has 7 heteroatoms. The van der Waals surface area contributed by atoms with Crippen LogP contribution in [-0.4, -0.2) is 41.1 Å². The van der Waals surface area contributed by atoms with Crippen molar-refractivity contribution in [2.45, 2.75) is 45.1 Å². The number of rotatable bonds is 6. The van der Waals surface area contributed by atoms with Crippen LogP contribution in [0.2, 0.25) is 0 Å². The van der Waals surface area contributed by atoms with Crippen molar-refractivity contribution in [2.75, 3.05) is 19.7 Å². The molecular weight excluding hydrogens is 250 g/mol. The highest BCUT2D eigenvalue weighted by molar-refractivity contribution is 5.77. The van der Waals surface area contributed by atoms with Crippen LogP contribution in [-0.2, 0) is 9.63 Å². The summed E-state index contributed by atoms with van der Waals surface area (Å²) in [5.74, 6) is 0.488. The lowest BCUT2D eigenvalue weighted by Crippen LogP contribution is -2.44. The minimum absolute atomic E-state index is 0.0903. The highest BCUT2D eigenvalue weighted by Gasteiger charge is 2.25. The maximum absolute atomic E-state index is 12.0. The van der Waals surface area contributed by atoms with Crippen molar-refractivity contribution < 1.29 is 14.7 Å². The summed E-state index contributed by atoms with van der Waals surface area (Å²) in [6, 6.07) is 0. The Morgan fingerprint density at radius 1 is 1.47 bits per heavy atom. The first-order valence-electron chi connectivity index (χ1n) is 6.62. The number of amides is 1. The van der Waals surface area contributed by atoms with Gasteiger partial charge in [0.1, 0.15) is 0 Å². The van der Waals surface area contributed by atoms with Crippen LogP contribution in [0, 0.1) is 16.0 Å². The zero-order chi connectivity index (χ0) is 14.5. The molecule has 1 aliphatic heterocycles. The van der Waals surface area contributed by atoms with Gasteiger partial charge in [0.25, 0.3) is 5.09 Å². The number of nitrogens with zero attached hydrogens (tertiary/aromatic N) is 2. The number of piperidine rings is 1. The number of carbonyl (C=O) groups excluding carboxylic acids is 1. The lowest BCUT2D eigenvalue weighted by atomic mass is 9.93. The highest BCUT2D eigenvalue weighted by Crippen LogP contribution is 2.21. The second-order valence-electron chi connectivity index (χ2n) is 5.84. The van der Waals surface area contributed by atoms with Gasteiger partial charge in [0, 0.05) is 25.0 Å². The fraction of sp³-hybridized carbons (Fsp3) is 0.917. The van der Waals surface area contributed by atoms with Gasteiger partial charge in [-0.1, -0.05) is 0 Å². The average molecular weight is 273 g/mol. The Kier molecular flexibility index (Phi) is 5.53. The lowest BCUT2D eigenvalue weighted by Gasteiger charge is -2.33. The average Bonchev–Trinajstić information content (AvgIpc) is 2.27. The van der Waals surface area contributed by atoms with E-state index in [-0.39, 0.29) is 12.5 Å². The van der Waals surface area contributed by atoms with Gasteiger partial charge in [-0.25, -0.2) is 0 Å². The van der Waals surface area contributed by atoms with Crippen molar-refractivity contribution in [1.29, 1.82) is 0 Å².